The summed E-state index contributed by atoms with van der Waals surface area (Å²) in [5.74, 6) is 1.35. The molecule has 5 fully saturated rings. The normalized spacial score (nSPS) is 41.3. The lowest BCUT2D eigenvalue weighted by molar-refractivity contribution is -0.157. The van der Waals surface area contributed by atoms with Gasteiger partial charge in [0.25, 0.3) is 5.91 Å². The van der Waals surface area contributed by atoms with Gasteiger partial charge in [-0.1, -0.05) is 15.9 Å². The van der Waals surface area contributed by atoms with E-state index in [0.29, 0.717) is 6.42 Å². The third kappa shape index (κ3) is 3.18. The van der Waals surface area contributed by atoms with Gasteiger partial charge in [-0.3, -0.25) is 9.59 Å². The zero-order chi connectivity index (χ0) is 16.1. The predicted molar refractivity (Wildman–Crippen MR) is 90.2 cm³/mol. The van der Waals surface area contributed by atoms with Crippen LogP contribution in [0.25, 0.3) is 0 Å². The Morgan fingerprint density at radius 3 is 2.35 bits per heavy atom. The van der Waals surface area contributed by atoms with E-state index in [4.69, 9.17) is 4.74 Å². The summed E-state index contributed by atoms with van der Waals surface area (Å²) in [5, 5.41) is 0. The van der Waals surface area contributed by atoms with Crippen molar-refractivity contribution in [3.8, 4) is 0 Å². The third-order valence-electron chi connectivity index (χ3n) is 6.45. The molecule has 0 radical (unpaired) electrons. The molecular weight excluding hydrogens is 358 g/mol. The highest BCUT2D eigenvalue weighted by Crippen LogP contribution is 2.65. The molecule has 1 saturated heterocycles. The largest absolute Gasteiger partial charge is 0.456 e. The van der Waals surface area contributed by atoms with E-state index in [-0.39, 0.29) is 28.2 Å². The highest BCUT2D eigenvalue weighted by molar-refractivity contribution is 9.10. The first-order chi connectivity index (χ1) is 11.0. The minimum atomic E-state index is -0.171. The van der Waals surface area contributed by atoms with Crippen molar-refractivity contribution in [1.82, 2.24) is 4.90 Å². The van der Waals surface area contributed by atoms with Gasteiger partial charge in [-0.05, 0) is 68.6 Å². The second kappa shape index (κ2) is 5.75. The maximum Gasteiger partial charge on any atom is 0.306 e. The average molecular weight is 384 g/mol. The fourth-order valence-corrected chi connectivity index (χ4v) is 7.61. The van der Waals surface area contributed by atoms with Gasteiger partial charge in [-0.2, -0.15) is 0 Å². The van der Waals surface area contributed by atoms with E-state index in [0.717, 1.165) is 44.2 Å². The third-order valence-corrected chi connectivity index (χ3v) is 7.37. The topological polar surface area (TPSA) is 46.6 Å². The summed E-state index contributed by atoms with van der Waals surface area (Å²) < 4.78 is 5.61. The fourth-order valence-electron chi connectivity index (χ4n) is 6.10. The van der Waals surface area contributed by atoms with Gasteiger partial charge in [0.2, 0.25) is 0 Å². The van der Waals surface area contributed by atoms with E-state index in [2.05, 4.69) is 15.9 Å². The molecule has 5 rings (SSSR count). The predicted octanol–water partition coefficient (Wildman–Crippen LogP) is 3.28. The van der Waals surface area contributed by atoms with Crippen LogP contribution >= 0.6 is 15.9 Å². The second-order valence-electron chi connectivity index (χ2n) is 8.54. The van der Waals surface area contributed by atoms with Crippen molar-refractivity contribution in [2.75, 3.05) is 19.7 Å². The molecule has 128 valence electrons. The number of hydrogen-bond donors (Lipinski definition) is 0. The smallest absolute Gasteiger partial charge is 0.306 e. The molecule has 5 heteroatoms. The van der Waals surface area contributed by atoms with E-state index >= 15 is 0 Å². The van der Waals surface area contributed by atoms with E-state index in [1.54, 1.807) is 0 Å². The Morgan fingerprint density at radius 2 is 1.74 bits per heavy atom. The van der Waals surface area contributed by atoms with Gasteiger partial charge in [0.1, 0.15) is 0 Å². The number of hydrogen-bond acceptors (Lipinski definition) is 3. The van der Waals surface area contributed by atoms with Gasteiger partial charge in [-0.15, -0.1) is 0 Å². The minimum absolute atomic E-state index is 0.0293. The number of carbonyl (C=O) groups is 2. The molecule has 4 saturated carbocycles. The molecule has 4 atom stereocenters. The van der Waals surface area contributed by atoms with Crippen molar-refractivity contribution in [3.05, 3.63) is 0 Å². The SMILES string of the molecule is O=C(CC12C[C@@H]3C[C@@H](CC(Br)(C3)C1)C2)OCC(=O)N1CCCC1. The van der Waals surface area contributed by atoms with Crippen LogP contribution in [0.3, 0.4) is 0 Å². The molecule has 4 aliphatic carbocycles. The van der Waals surface area contributed by atoms with Crippen LogP contribution in [0.4, 0.5) is 0 Å². The van der Waals surface area contributed by atoms with Gasteiger partial charge in [-0.25, -0.2) is 0 Å². The molecule has 23 heavy (non-hydrogen) atoms. The molecule has 1 heterocycles. The quantitative estimate of drug-likeness (QED) is 0.552. The number of ether oxygens (including phenoxy) is 1. The Morgan fingerprint density at radius 1 is 1.09 bits per heavy atom. The van der Waals surface area contributed by atoms with E-state index in [9.17, 15) is 9.59 Å². The Balaban J connectivity index is 1.33. The highest BCUT2D eigenvalue weighted by atomic mass is 79.9. The molecule has 1 aliphatic heterocycles. The number of esters is 1. The van der Waals surface area contributed by atoms with Crippen molar-refractivity contribution in [1.29, 1.82) is 0 Å². The molecule has 0 aromatic carbocycles. The van der Waals surface area contributed by atoms with Gasteiger partial charge < -0.3 is 9.64 Å². The molecule has 0 aromatic rings. The molecule has 4 nitrogen and oxygen atoms in total. The van der Waals surface area contributed by atoms with Crippen molar-refractivity contribution in [2.45, 2.75) is 62.1 Å². The Bertz CT molecular complexity index is 500. The number of amides is 1. The van der Waals surface area contributed by atoms with Crippen LogP contribution in [0.2, 0.25) is 0 Å². The Labute approximate surface area is 146 Å². The molecule has 0 spiro atoms. The van der Waals surface area contributed by atoms with Crippen LogP contribution in [0.15, 0.2) is 0 Å². The summed E-state index contributed by atoms with van der Waals surface area (Å²) >= 11 is 3.98. The van der Waals surface area contributed by atoms with Crippen molar-refractivity contribution in [3.63, 3.8) is 0 Å². The molecular formula is C18H26BrNO3. The summed E-state index contributed by atoms with van der Waals surface area (Å²) in [5.41, 5.74) is 0.126. The van der Waals surface area contributed by atoms with Crippen LogP contribution in [0.5, 0.6) is 0 Å². The van der Waals surface area contributed by atoms with Crippen molar-refractivity contribution >= 4 is 27.8 Å². The molecule has 5 aliphatic rings. The zero-order valence-electron chi connectivity index (χ0n) is 13.7. The van der Waals surface area contributed by atoms with Gasteiger partial charge in [0, 0.05) is 17.4 Å². The molecule has 0 N–H and O–H groups in total. The Hall–Kier alpha value is -0.580. The lowest BCUT2D eigenvalue weighted by Crippen LogP contribution is -2.53. The summed E-state index contributed by atoms with van der Waals surface area (Å²) in [6.07, 6.45) is 9.97. The second-order valence-corrected chi connectivity index (χ2v) is 10.2. The lowest BCUT2D eigenvalue weighted by Gasteiger charge is -2.60. The Kier molecular flexibility index (Phi) is 3.98. The summed E-state index contributed by atoms with van der Waals surface area (Å²) in [6.45, 7) is 1.56. The fraction of sp³-hybridized carbons (Fsp3) is 0.889. The molecule has 0 aromatic heterocycles. The van der Waals surface area contributed by atoms with Gasteiger partial charge in [0.15, 0.2) is 6.61 Å². The average Bonchev–Trinajstić information content (AvgIpc) is 2.95. The van der Waals surface area contributed by atoms with Gasteiger partial charge >= 0.3 is 5.97 Å². The maximum atomic E-state index is 12.3. The van der Waals surface area contributed by atoms with E-state index < -0.39 is 0 Å². The molecule has 4 bridgehead atoms. The van der Waals surface area contributed by atoms with Crippen LogP contribution in [0.1, 0.15) is 57.8 Å². The minimum Gasteiger partial charge on any atom is -0.456 e. The first kappa shape index (κ1) is 15.9. The van der Waals surface area contributed by atoms with Crippen molar-refractivity contribution in [2.24, 2.45) is 17.3 Å². The first-order valence-electron chi connectivity index (χ1n) is 9.08. The van der Waals surface area contributed by atoms with Crippen molar-refractivity contribution < 1.29 is 14.3 Å². The number of carbonyl (C=O) groups excluding carboxylic acids is 2. The number of alkyl halides is 1. The lowest BCUT2D eigenvalue weighted by atomic mass is 9.49. The van der Waals surface area contributed by atoms with E-state index in [1.807, 2.05) is 4.90 Å². The highest BCUT2D eigenvalue weighted by Gasteiger charge is 2.57. The van der Waals surface area contributed by atoms with Crippen LogP contribution in [0, 0.1) is 17.3 Å². The summed E-state index contributed by atoms with van der Waals surface area (Å²) in [7, 11) is 0. The zero-order valence-corrected chi connectivity index (χ0v) is 15.3. The molecule has 1 amide bonds. The first-order valence-corrected chi connectivity index (χ1v) is 9.87. The monoisotopic (exact) mass is 383 g/mol. The van der Waals surface area contributed by atoms with Crippen LogP contribution in [-0.4, -0.2) is 40.8 Å². The van der Waals surface area contributed by atoms with Gasteiger partial charge in [0.05, 0.1) is 6.42 Å². The molecule has 2 unspecified atom stereocenters. The summed E-state index contributed by atoms with van der Waals surface area (Å²) in [6, 6.07) is 0. The van der Waals surface area contributed by atoms with E-state index in [1.165, 1.54) is 32.1 Å². The number of halogens is 1. The number of likely N-dealkylation sites (tertiary alicyclic amines) is 1. The van der Waals surface area contributed by atoms with Crippen LogP contribution < -0.4 is 0 Å². The summed E-state index contributed by atoms with van der Waals surface area (Å²) in [4.78, 5) is 26.2. The van der Waals surface area contributed by atoms with Crippen LogP contribution in [-0.2, 0) is 14.3 Å². The maximum absolute atomic E-state index is 12.3. The number of rotatable bonds is 4. The number of nitrogens with zero attached hydrogens (tertiary/aromatic N) is 1. The standard InChI is InChI=1S/C18H26BrNO3/c19-18-8-13-5-14(9-18)7-17(6-13,12-18)10-16(22)23-11-15(21)20-3-1-2-4-20/h13-14H,1-12H2/t13-,14+,17?,18?.